The average molecular weight is 605 g/mol. The van der Waals surface area contributed by atoms with E-state index in [1.54, 1.807) is 60.7 Å². The molecule has 0 bridgehead atoms. The molecule has 1 saturated heterocycles. The molecule has 1 aliphatic heterocycles. The highest BCUT2D eigenvalue weighted by atomic mass is 79.9. The van der Waals surface area contributed by atoms with E-state index in [-0.39, 0.29) is 29.7 Å². The van der Waals surface area contributed by atoms with E-state index in [9.17, 15) is 18.8 Å². The van der Waals surface area contributed by atoms with Gasteiger partial charge >= 0.3 is 0 Å². The van der Waals surface area contributed by atoms with Gasteiger partial charge in [0.1, 0.15) is 18.2 Å². The lowest BCUT2D eigenvalue weighted by Crippen LogP contribution is -2.33. The molecule has 0 aliphatic carbocycles. The normalized spacial score (nSPS) is 14.7. The third kappa shape index (κ3) is 5.65. The smallest absolute Gasteiger partial charge is 0.293 e. The van der Waals surface area contributed by atoms with Gasteiger partial charge in [-0.15, -0.1) is 0 Å². The van der Waals surface area contributed by atoms with Gasteiger partial charge in [-0.3, -0.25) is 19.3 Å². The number of carbonyl (C=O) groups excluding carboxylic acids is 3. The first-order chi connectivity index (χ1) is 16.3. The van der Waals surface area contributed by atoms with Crippen LogP contribution in [0, 0.1) is 5.82 Å². The molecule has 0 radical (unpaired) electrons. The first kappa shape index (κ1) is 24.4. The number of amides is 2. The molecule has 0 saturated carbocycles. The van der Waals surface area contributed by atoms with Gasteiger partial charge in [-0.1, -0.05) is 42.5 Å². The Hall–Kier alpha value is -2.75. The number of Topliss-reactive ketones (excluding diaryl/α,β-unsaturated/α-hetero) is 1. The summed E-state index contributed by atoms with van der Waals surface area (Å²) in [5.41, 5.74) is 1.91. The minimum absolute atomic E-state index is 0.227. The minimum Gasteiger partial charge on any atom is -0.487 e. The number of ketones is 1. The number of carbonyl (C=O) groups is 3. The maximum atomic E-state index is 13.1. The summed E-state index contributed by atoms with van der Waals surface area (Å²) in [6.45, 7) is -0.0687. The van der Waals surface area contributed by atoms with Crippen LogP contribution in [-0.4, -0.2) is 28.4 Å². The van der Waals surface area contributed by atoms with Crippen molar-refractivity contribution >= 4 is 66.6 Å². The molecular weight excluding hydrogens is 589 g/mol. The fourth-order valence-corrected chi connectivity index (χ4v) is 5.47. The molecular formula is C25H16Br2FNO4S. The molecule has 9 heteroatoms. The second-order valence-electron chi connectivity index (χ2n) is 7.29. The van der Waals surface area contributed by atoms with E-state index in [2.05, 4.69) is 31.9 Å². The van der Waals surface area contributed by atoms with E-state index in [1.807, 2.05) is 0 Å². The van der Waals surface area contributed by atoms with Crippen LogP contribution in [0.4, 0.5) is 9.18 Å². The number of halogens is 3. The Morgan fingerprint density at radius 1 is 1.00 bits per heavy atom. The maximum absolute atomic E-state index is 13.1. The summed E-state index contributed by atoms with van der Waals surface area (Å²) in [7, 11) is 0. The summed E-state index contributed by atoms with van der Waals surface area (Å²) in [6.07, 6.45) is 1.59. The zero-order valence-electron chi connectivity index (χ0n) is 17.5. The standard InChI is InChI=1S/C25H16Br2FNO4S/c26-19-10-16(11-20(27)23(19)33-14-15-6-8-18(28)9-7-15)12-22-24(31)29(25(32)34-22)13-21(30)17-4-2-1-3-5-17/h1-12H,13-14H2/b22-12+. The van der Waals surface area contributed by atoms with Gasteiger partial charge < -0.3 is 4.74 Å². The number of benzene rings is 3. The summed E-state index contributed by atoms with van der Waals surface area (Å²) in [5.74, 6) is -0.590. The Morgan fingerprint density at radius 3 is 2.29 bits per heavy atom. The predicted molar refractivity (Wildman–Crippen MR) is 136 cm³/mol. The summed E-state index contributed by atoms with van der Waals surface area (Å²) in [5, 5.41) is -0.488. The highest BCUT2D eigenvalue weighted by Crippen LogP contribution is 2.38. The van der Waals surface area contributed by atoms with E-state index >= 15 is 0 Å². The van der Waals surface area contributed by atoms with Crippen LogP contribution in [0.2, 0.25) is 0 Å². The molecule has 0 aromatic heterocycles. The van der Waals surface area contributed by atoms with Crippen molar-refractivity contribution in [2.24, 2.45) is 0 Å². The number of nitrogens with zero attached hydrogens (tertiary/aromatic N) is 1. The van der Waals surface area contributed by atoms with E-state index in [0.29, 0.717) is 25.8 Å². The van der Waals surface area contributed by atoms with Crippen molar-refractivity contribution in [1.82, 2.24) is 4.90 Å². The number of ether oxygens (including phenoxy) is 1. The quantitative estimate of drug-likeness (QED) is 0.218. The molecule has 2 amide bonds. The topological polar surface area (TPSA) is 63.7 Å². The van der Waals surface area contributed by atoms with Gasteiger partial charge in [-0.05, 0) is 85.1 Å². The average Bonchev–Trinajstić information content (AvgIpc) is 3.07. The number of thioether (sulfide) groups is 1. The SMILES string of the molecule is O=C(CN1C(=O)S/C(=C/c2cc(Br)c(OCc3ccc(F)cc3)c(Br)c2)C1=O)c1ccccc1. The van der Waals surface area contributed by atoms with Crippen LogP contribution in [0.15, 0.2) is 80.6 Å². The van der Waals surface area contributed by atoms with Crippen LogP contribution in [0.3, 0.4) is 0 Å². The lowest BCUT2D eigenvalue weighted by Gasteiger charge is -2.12. The summed E-state index contributed by atoms with van der Waals surface area (Å²) < 4.78 is 20.2. The predicted octanol–water partition coefficient (Wildman–Crippen LogP) is 6.85. The number of hydrogen-bond donors (Lipinski definition) is 0. The van der Waals surface area contributed by atoms with Crippen molar-refractivity contribution < 1.29 is 23.5 Å². The maximum Gasteiger partial charge on any atom is 0.293 e. The largest absolute Gasteiger partial charge is 0.487 e. The second-order valence-corrected chi connectivity index (χ2v) is 9.99. The van der Waals surface area contributed by atoms with Crippen molar-refractivity contribution in [2.45, 2.75) is 6.61 Å². The third-order valence-electron chi connectivity index (χ3n) is 4.89. The van der Waals surface area contributed by atoms with Gasteiger partial charge in [0.05, 0.1) is 20.4 Å². The first-order valence-corrected chi connectivity index (χ1v) is 12.4. The first-order valence-electron chi connectivity index (χ1n) is 10.0. The van der Waals surface area contributed by atoms with Crippen molar-refractivity contribution in [1.29, 1.82) is 0 Å². The Balaban J connectivity index is 1.47. The summed E-state index contributed by atoms with van der Waals surface area (Å²) in [4.78, 5) is 38.8. The fraction of sp³-hybridized carbons (Fsp3) is 0.0800. The van der Waals surface area contributed by atoms with Crippen LogP contribution in [-0.2, 0) is 11.4 Å². The molecule has 3 aromatic carbocycles. The van der Waals surface area contributed by atoms with Gasteiger partial charge in [-0.25, -0.2) is 4.39 Å². The van der Waals surface area contributed by atoms with Crippen LogP contribution in [0.5, 0.6) is 5.75 Å². The number of imide groups is 1. The Bertz CT molecular complexity index is 1270. The van der Waals surface area contributed by atoms with E-state index in [1.165, 1.54) is 12.1 Å². The molecule has 4 rings (SSSR count). The van der Waals surface area contributed by atoms with Crippen LogP contribution in [0.25, 0.3) is 6.08 Å². The van der Waals surface area contributed by atoms with Crippen LogP contribution >= 0.6 is 43.6 Å². The van der Waals surface area contributed by atoms with Gasteiger partial charge in [0, 0.05) is 5.56 Å². The van der Waals surface area contributed by atoms with Crippen molar-refractivity contribution in [3.8, 4) is 5.75 Å². The number of hydrogen-bond acceptors (Lipinski definition) is 5. The highest BCUT2D eigenvalue weighted by molar-refractivity contribution is 9.11. The lowest BCUT2D eigenvalue weighted by atomic mass is 10.1. The molecule has 34 heavy (non-hydrogen) atoms. The van der Waals surface area contributed by atoms with E-state index < -0.39 is 11.1 Å². The molecule has 0 unspecified atom stereocenters. The molecule has 3 aromatic rings. The van der Waals surface area contributed by atoms with Gasteiger partial charge in [0.25, 0.3) is 11.1 Å². The van der Waals surface area contributed by atoms with E-state index in [0.717, 1.165) is 22.2 Å². The number of rotatable bonds is 7. The van der Waals surface area contributed by atoms with Crippen molar-refractivity contribution in [3.63, 3.8) is 0 Å². The van der Waals surface area contributed by atoms with Crippen LogP contribution in [0.1, 0.15) is 21.5 Å². The Morgan fingerprint density at radius 2 is 1.65 bits per heavy atom. The fourth-order valence-electron chi connectivity index (χ4n) is 3.18. The monoisotopic (exact) mass is 603 g/mol. The molecule has 5 nitrogen and oxygen atoms in total. The Kier molecular flexibility index (Phi) is 7.65. The zero-order valence-corrected chi connectivity index (χ0v) is 21.5. The zero-order chi connectivity index (χ0) is 24.2. The van der Waals surface area contributed by atoms with E-state index in [4.69, 9.17) is 4.74 Å². The molecule has 1 aliphatic rings. The Labute approximate surface area is 216 Å². The van der Waals surface area contributed by atoms with Crippen molar-refractivity contribution in [2.75, 3.05) is 6.54 Å². The molecule has 0 N–H and O–H groups in total. The molecule has 1 fully saturated rings. The van der Waals surface area contributed by atoms with Crippen LogP contribution < -0.4 is 4.74 Å². The molecule has 1 heterocycles. The second kappa shape index (κ2) is 10.7. The molecule has 0 spiro atoms. The summed E-state index contributed by atoms with van der Waals surface area (Å²) >= 11 is 7.74. The molecule has 172 valence electrons. The van der Waals surface area contributed by atoms with Gasteiger partial charge in [-0.2, -0.15) is 0 Å². The van der Waals surface area contributed by atoms with Crippen molar-refractivity contribution in [3.05, 3.63) is 103 Å². The highest BCUT2D eigenvalue weighted by Gasteiger charge is 2.36. The summed E-state index contributed by atoms with van der Waals surface area (Å²) in [6, 6.07) is 18.1. The molecule has 0 atom stereocenters. The van der Waals surface area contributed by atoms with Gasteiger partial charge in [0.2, 0.25) is 0 Å². The minimum atomic E-state index is -0.511. The third-order valence-corrected chi connectivity index (χ3v) is 6.97. The van der Waals surface area contributed by atoms with Gasteiger partial charge in [0.15, 0.2) is 5.78 Å². The lowest BCUT2D eigenvalue weighted by molar-refractivity contribution is -0.122.